The summed E-state index contributed by atoms with van der Waals surface area (Å²) < 4.78 is 88.2. The number of hydrogen-bond acceptors (Lipinski definition) is 8. The van der Waals surface area contributed by atoms with E-state index in [1.807, 2.05) is 0 Å². The molecule has 2 aliphatic rings. The molecule has 4 aromatic rings. The summed E-state index contributed by atoms with van der Waals surface area (Å²) >= 11 is 5.47. The topological polar surface area (TPSA) is 141 Å². The van der Waals surface area contributed by atoms with E-state index >= 15 is 0 Å². The number of sulfone groups is 2. The van der Waals surface area contributed by atoms with Crippen LogP contribution < -0.4 is 9.47 Å². The fourth-order valence-electron chi connectivity index (χ4n) is 5.59. The average molecular weight is 735 g/mol. The van der Waals surface area contributed by atoms with Gasteiger partial charge in [0.15, 0.2) is 0 Å². The van der Waals surface area contributed by atoms with Crippen molar-refractivity contribution in [2.75, 3.05) is 13.2 Å². The molecule has 0 aliphatic carbocycles. The summed E-state index contributed by atoms with van der Waals surface area (Å²) in [4.78, 5) is 21.9. The summed E-state index contributed by atoms with van der Waals surface area (Å²) in [7, 11) is -7.72. The summed E-state index contributed by atoms with van der Waals surface area (Å²) in [5.41, 5.74) is 1.44. The number of halogens is 3. The highest BCUT2D eigenvalue weighted by atomic mass is 35.5. The normalized spacial score (nSPS) is 16.6. The van der Waals surface area contributed by atoms with Gasteiger partial charge in [0.05, 0.1) is 39.2 Å². The second-order valence-corrected chi connectivity index (χ2v) is 15.5. The van der Waals surface area contributed by atoms with Gasteiger partial charge < -0.3 is 14.6 Å². The van der Waals surface area contributed by atoms with Crippen molar-refractivity contribution in [1.82, 2.24) is 0 Å². The minimum Gasteiger partial charge on any atom is -0.493 e. The Morgan fingerprint density at radius 3 is 1.47 bits per heavy atom. The Kier molecular flexibility index (Phi) is 11.8. The molecule has 260 valence electrons. The molecule has 9 nitrogen and oxygen atoms in total. The summed E-state index contributed by atoms with van der Waals surface area (Å²) in [5.74, 6) is -1.68. The molecule has 0 saturated heterocycles. The monoisotopic (exact) mass is 734 g/mol. The van der Waals surface area contributed by atoms with Gasteiger partial charge in [0.25, 0.3) is 0 Å². The standard InChI is InChI=1S/C17H14ClFO4S.C17H15FO5S.CH4/c18-17(20)8-11-6-7-23-16-10-14(4-5-15(11)16)24(21,22)13-3-1-2-12(19)9-13;18-12-2-1-3-13(9-12)24(21,22)14-4-5-15-11(8-17(19)20)6-7-23-16(15)10-14;/h1-5,9-11H,6-8H2;1-5,9-11H,6-8H2,(H,19,20);1H4. The number of aliphatic carboxylic acids is 1. The first-order valence-electron chi connectivity index (χ1n) is 14.7. The van der Waals surface area contributed by atoms with Gasteiger partial charge in [-0.3, -0.25) is 9.59 Å². The highest BCUT2D eigenvalue weighted by molar-refractivity contribution is 7.91. The van der Waals surface area contributed by atoms with E-state index in [-0.39, 0.29) is 51.7 Å². The molecular weight excluding hydrogens is 702 g/mol. The number of hydrogen-bond donors (Lipinski definition) is 1. The van der Waals surface area contributed by atoms with Crippen molar-refractivity contribution in [3.05, 3.63) is 108 Å². The van der Waals surface area contributed by atoms with E-state index < -0.39 is 42.5 Å². The van der Waals surface area contributed by atoms with Crippen LogP contribution in [0.15, 0.2) is 105 Å². The van der Waals surface area contributed by atoms with Crippen LogP contribution in [0.3, 0.4) is 0 Å². The lowest BCUT2D eigenvalue weighted by atomic mass is 9.90. The van der Waals surface area contributed by atoms with Crippen molar-refractivity contribution >= 4 is 42.5 Å². The van der Waals surface area contributed by atoms with Crippen LogP contribution in [-0.2, 0) is 29.3 Å². The van der Waals surface area contributed by atoms with E-state index in [0.717, 1.165) is 17.7 Å². The number of carboxylic acid groups (broad SMARTS) is 1. The Labute approximate surface area is 288 Å². The van der Waals surface area contributed by atoms with Gasteiger partial charge in [0, 0.05) is 12.3 Å². The highest BCUT2D eigenvalue weighted by Crippen LogP contribution is 2.39. The number of ether oxygens (including phenoxy) is 2. The Bertz CT molecular complexity index is 1940. The molecule has 0 spiro atoms. The molecule has 6 rings (SSSR count). The molecule has 14 heteroatoms. The smallest absolute Gasteiger partial charge is 0.303 e. The number of rotatable bonds is 8. The van der Waals surface area contributed by atoms with Gasteiger partial charge >= 0.3 is 5.97 Å². The zero-order chi connectivity index (χ0) is 34.6. The molecule has 2 unspecified atom stereocenters. The molecule has 0 fully saturated rings. The first-order valence-corrected chi connectivity index (χ1v) is 18.0. The molecule has 1 N–H and O–H groups in total. The van der Waals surface area contributed by atoms with Crippen molar-refractivity contribution in [2.45, 2.75) is 64.5 Å². The van der Waals surface area contributed by atoms with E-state index in [1.165, 1.54) is 60.7 Å². The fraction of sp³-hybridized carbons (Fsp3) is 0.257. The van der Waals surface area contributed by atoms with Crippen molar-refractivity contribution in [1.29, 1.82) is 0 Å². The van der Waals surface area contributed by atoms with E-state index in [2.05, 4.69) is 0 Å². The van der Waals surface area contributed by atoms with E-state index in [0.29, 0.717) is 43.1 Å². The molecule has 0 aromatic heterocycles. The number of fused-ring (bicyclic) bond motifs is 2. The van der Waals surface area contributed by atoms with Gasteiger partial charge in [-0.05, 0) is 102 Å². The van der Waals surface area contributed by atoms with Gasteiger partial charge in [-0.15, -0.1) is 0 Å². The third kappa shape index (κ3) is 8.64. The minimum atomic E-state index is -3.87. The third-order valence-corrected chi connectivity index (χ3v) is 11.6. The zero-order valence-electron chi connectivity index (χ0n) is 25.1. The van der Waals surface area contributed by atoms with Crippen molar-refractivity contribution in [3.63, 3.8) is 0 Å². The first-order chi connectivity index (χ1) is 22.8. The molecule has 2 atom stereocenters. The second kappa shape index (κ2) is 15.5. The predicted octanol–water partition coefficient (Wildman–Crippen LogP) is 7.32. The molecule has 0 radical (unpaired) electrons. The quantitative estimate of drug-likeness (QED) is 0.184. The van der Waals surface area contributed by atoms with Gasteiger partial charge in [0.1, 0.15) is 23.1 Å². The van der Waals surface area contributed by atoms with Crippen LogP contribution in [0.4, 0.5) is 8.78 Å². The summed E-state index contributed by atoms with van der Waals surface area (Å²) in [6.07, 6.45) is 1.34. The average Bonchev–Trinajstić information content (AvgIpc) is 3.04. The SMILES string of the molecule is C.O=C(Cl)CC1CCOc2cc(S(=O)(=O)c3cccc(F)c3)ccc21.O=C(O)CC1CCOc2cc(S(=O)(=O)c3cccc(F)c3)ccc21. The number of carboxylic acids is 1. The molecular formula is C35H33ClF2O9S2. The molecule has 49 heavy (non-hydrogen) atoms. The maximum atomic E-state index is 13.3. The fourth-order valence-corrected chi connectivity index (χ4v) is 8.39. The summed E-state index contributed by atoms with van der Waals surface area (Å²) in [6.45, 7) is 0.708. The molecule has 0 saturated carbocycles. The lowest BCUT2D eigenvalue weighted by Gasteiger charge is -2.25. The Morgan fingerprint density at radius 2 is 1.08 bits per heavy atom. The lowest BCUT2D eigenvalue weighted by Crippen LogP contribution is -2.17. The minimum absolute atomic E-state index is 0. The van der Waals surface area contributed by atoms with Crippen LogP contribution in [0.5, 0.6) is 11.5 Å². The maximum Gasteiger partial charge on any atom is 0.303 e. The van der Waals surface area contributed by atoms with E-state index in [4.69, 9.17) is 26.2 Å². The molecule has 2 heterocycles. The van der Waals surface area contributed by atoms with Crippen LogP contribution in [0, 0.1) is 11.6 Å². The summed E-state index contributed by atoms with van der Waals surface area (Å²) in [5, 5.41) is 8.54. The second-order valence-electron chi connectivity index (χ2n) is 11.1. The molecule has 2 aliphatic heterocycles. The number of carbonyl (C=O) groups excluding carboxylic acids is 1. The van der Waals surface area contributed by atoms with Crippen LogP contribution in [0.2, 0.25) is 0 Å². The third-order valence-electron chi connectivity index (χ3n) is 7.96. The number of carbonyl (C=O) groups is 2. The maximum absolute atomic E-state index is 13.3. The van der Waals surface area contributed by atoms with Crippen molar-refractivity contribution < 1.29 is 49.8 Å². The van der Waals surface area contributed by atoms with Crippen LogP contribution >= 0.6 is 11.6 Å². The summed E-state index contributed by atoms with van der Waals surface area (Å²) in [6, 6.07) is 18.5. The van der Waals surface area contributed by atoms with Crippen molar-refractivity contribution in [2.24, 2.45) is 0 Å². The highest BCUT2D eigenvalue weighted by Gasteiger charge is 2.28. The van der Waals surface area contributed by atoms with Gasteiger partial charge in [-0.25, -0.2) is 25.6 Å². The zero-order valence-corrected chi connectivity index (χ0v) is 27.5. The molecule has 4 aromatic carbocycles. The largest absolute Gasteiger partial charge is 0.493 e. The first kappa shape index (κ1) is 37.5. The number of benzene rings is 4. The van der Waals surface area contributed by atoms with Crippen LogP contribution in [0.25, 0.3) is 0 Å². The Hall–Kier alpha value is -4.33. The van der Waals surface area contributed by atoms with Crippen LogP contribution in [-0.4, -0.2) is 46.4 Å². The molecule has 0 bridgehead atoms. The molecule has 0 amide bonds. The van der Waals surface area contributed by atoms with Gasteiger partial charge in [-0.1, -0.05) is 31.7 Å². The van der Waals surface area contributed by atoms with Gasteiger partial charge in [0.2, 0.25) is 24.9 Å². The van der Waals surface area contributed by atoms with Crippen LogP contribution in [0.1, 0.15) is 56.1 Å². The Balaban J connectivity index is 0.000000216. The Morgan fingerprint density at radius 1 is 0.673 bits per heavy atom. The van der Waals surface area contributed by atoms with Crippen molar-refractivity contribution in [3.8, 4) is 11.5 Å². The van der Waals surface area contributed by atoms with Gasteiger partial charge in [-0.2, -0.15) is 0 Å². The van der Waals surface area contributed by atoms with E-state index in [9.17, 15) is 35.2 Å². The predicted molar refractivity (Wildman–Crippen MR) is 177 cm³/mol. The lowest BCUT2D eigenvalue weighted by molar-refractivity contribution is -0.137. The van der Waals surface area contributed by atoms with E-state index in [1.54, 1.807) is 12.1 Å².